The molecule has 3 heterocycles. The molecule has 1 unspecified atom stereocenters. The number of ether oxygens (including phenoxy) is 2. The lowest BCUT2D eigenvalue weighted by Crippen LogP contribution is -2.62. The number of para-hydroxylation sites is 1. The van der Waals surface area contributed by atoms with Crippen molar-refractivity contribution in [2.24, 2.45) is 7.05 Å². The summed E-state index contributed by atoms with van der Waals surface area (Å²) in [4.78, 5) is 31.3. The number of hydrogen-bond donors (Lipinski definition) is 0. The van der Waals surface area contributed by atoms with Gasteiger partial charge in [0.2, 0.25) is 5.91 Å². The standard InChI is InChI=1S/C29H42N4O4/c1-5-6-15-32-16-18-36-26-13-8-7-11-24(26)12-9-10-14-29(28(32)35)21-33(17-19-37-29)27(34)20-25-22(2)30-31(4)23(25)3/h7-8,11,13H,5-6,9-10,12,14-21H2,1-4H3. The number of nitrogens with zero attached hydrogens (tertiary/aromatic N) is 4. The zero-order valence-corrected chi connectivity index (χ0v) is 22.9. The summed E-state index contributed by atoms with van der Waals surface area (Å²) in [5.74, 6) is 0.926. The van der Waals surface area contributed by atoms with Crippen LogP contribution in [0, 0.1) is 13.8 Å². The molecule has 1 aromatic heterocycles. The molecule has 202 valence electrons. The second kappa shape index (κ2) is 12.1. The maximum atomic E-state index is 14.1. The summed E-state index contributed by atoms with van der Waals surface area (Å²) in [6, 6.07) is 8.18. The third kappa shape index (κ3) is 6.17. The van der Waals surface area contributed by atoms with Crippen LogP contribution >= 0.6 is 0 Å². The molecule has 1 fully saturated rings. The van der Waals surface area contributed by atoms with Crippen molar-refractivity contribution in [2.75, 3.05) is 39.4 Å². The highest BCUT2D eigenvalue weighted by Crippen LogP contribution is 2.30. The number of hydrogen-bond acceptors (Lipinski definition) is 5. The van der Waals surface area contributed by atoms with E-state index in [0.717, 1.165) is 54.8 Å². The summed E-state index contributed by atoms with van der Waals surface area (Å²) in [6.07, 6.45) is 5.46. The Bertz CT molecular complexity index is 1100. The van der Waals surface area contributed by atoms with E-state index in [9.17, 15) is 9.59 Å². The fourth-order valence-corrected chi connectivity index (χ4v) is 5.52. The van der Waals surface area contributed by atoms with Gasteiger partial charge in [0.1, 0.15) is 12.4 Å². The van der Waals surface area contributed by atoms with E-state index < -0.39 is 5.60 Å². The lowest BCUT2D eigenvalue weighted by Gasteiger charge is -2.44. The Labute approximate surface area is 220 Å². The quantitative estimate of drug-likeness (QED) is 0.614. The first kappa shape index (κ1) is 27.2. The van der Waals surface area contributed by atoms with E-state index in [0.29, 0.717) is 52.2 Å². The molecule has 1 spiro atoms. The Morgan fingerprint density at radius 2 is 1.95 bits per heavy atom. The number of benzene rings is 1. The number of carbonyl (C=O) groups excluding carboxylic acids is 2. The fraction of sp³-hybridized carbons (Fsp3) is 0.621. The molecule has 4 rings (SSSR count). The van der Waals surface area contributed by atoms with Crippen LogP contribution in [0.3, 0.4) is 0 Å². The van der Waals surface area contributed by atoms with Gasteiger partial charge in [0.25, 0.3) is 5.91 Å². The second-order valence-corrected chi connectivity index (χ2v) is 10.4. The van der Waals surface area contributed by atoms with Gasteiger partial charge in [0.05, 0.1) is 31.8 Å². The minimum atomic E-state index is -1.01. The Hall–Kier alpha value is -2.87. The molecule has 1 aromatic carbocycles. The van der Waals surface area contributed by atoms with Crippen molar-refractivity contribution in [1.82, 2.24) is 19.6 Å². The van der Waals surface area contributed by atoms with Crippen LogP contribution in [0.1, 0.15) is 61.5 Å². The van der Waals surface area contributed by atoms with Crippen LogP contribution in [0.4, 0.5) is 0 Å². The third-order valence-corrected chi connectivity index (χ3v) is 7.85. The largest absolute Gasteiger partial charge is 0.491 e. The van der Waals surface area contributed by atoms with E-state index in [1.54, 1.807) is 0 Å². The van der Waals surface area contributed by atoms with Crippen molar-refractivity contribution in [3.63, 3.8) is 0 Å². The topological polar surface area (TPSA) is 76.9 Å². The molecular weight excluding hydrogens is 468 g/mol. The third-order valence-electron chi connectivity index (χ3n) is 7.85. The molecule has 0 saturated carbocycles. The summed E-state index contributed by atoms with van der Waals surface area (Å²) in [7, 11) is 1.90. The Balaban J connectivity index is 1.56. The summed E-state index contributed by atoms with van der Waals surface area (Å²) >= 11 is 0. The van der Waals surface area contributed by atoms with Gasteiger partial charge in [0, 0.05) is 31.4 Å². The molecule has 2 amide bonds. The summed E-state index contributed by atoms with van der Waals surface area (Å²) in [6.45, 7) is 8.82. The fourth-order valence-electron chi connectivity index (χ4n) is 5.52. The van der Waals surface area contributed by atoms with Gasteiger partial charge >= 0.3 is 0 Å². The van der Waals surface area contributed by atoms with Gasteiger partial charge < -0.3 is 19.3 Å². The van der Waals surface area contributed by atoms with Gasteiger partial charge in [-0.3, -0.25) is 14.3 Å². The first-order valence-electron chi connectivity index (χ1n) is 13.8. The number of amides is 2. The zero-order chi connectivity index (χ0) is 26.4. The molecule has 1 saturated heterocycles. The van der Waals surface area contributed by atoms with Crippen LogP contribution in [-0.4, -0.2) is 76.4 Å². The van der Waals surface area contributed by atoms with Crippen LogP contribution in [-0.2, 0) is 34.2 Å². The van der Waals surface area contributed by atoms with Crippen molar-refractivity contribution in [3.05, 3.63) is 46.8 Å². The Kier molecular flexibility index (Phi) is 8.90. The van der Waals surface area contributed by atoms with Crippen molar-refractivity contribution >= 4 is 11.8 Å². The molecule has 1 atom stereocenters. The molecule has 37 heavy (non-hydrogen) atoms. The van der Waals surface area contributed by atoms with E-state index in [-0.39, 0.29) is 11.8 Å². The van der Waals surface area contributed by atoms with E-state index in [1.807, 2.05) is 53.6 Å². The average molecular weight is 511 g/mol. The highest BCUT2D eigenvalue weighted by molar-refractivity contribution is 5.87. The average Bonchev–Trinajstić information content (AvgIpc) is 3.14. The number of fused-ring (bicyclic) bond motifs is 1. The first-order chi connectivity index (χ1) is 17.8. The van der Waals surface area contributed by atoms with Gasteiger partial charge in [-0.25, -0.2) is 0 Å². The van der Waals surface area contributed by atoms with Crippen LogP contribution in [0.25, 0.3) is 0 Å². The number of carbonyl (C=O) groups is 2. The molecule has 8 heteroatoms. The maximum absolute atomic E-state index is 14.1. The van der Waals surface area contributed by atoms with Gasteiger partial charge in [-0.2, -0.15) is 5.10 Å². The van der Waals surface area contributed by atoms with E-state index in [4.69, 9.17) is 9.47 Å². The molecule has 2 aliphatic rings. The Morgan fingerprint density at radius 3 is 2.70 bits per heavy atom. The van der Waals surface area contributed by atoms with Crippen LogP contribution in [0.5, 0.6) is 5.75 Å². The molecule has 0 aliphatic carbocycles. The van der Waals surface area contributed by atoms with Crippen LogP contribution < -0.4 is 4.74 Å². The van der Waals surface area contributed by atoms with Gasteiger partial charge in [-0.15, -0.1) is 0 Å². The molecule has 2 aliphatic heterocycles. The number of unbranched alkanes of at least 4 members (excludes halogenated alkanes) is 1. The summed E-state index contributed by atoms with van der Waals surface area (Å²) < 4.78 is 14.3. The van der Waals surface area contributed by atoms with Gasteiger partial charge in [-0.1, -0.05) is 31.5 Å². The lowest BCUT2D eigenvalue weighted by atomic mass is 9.90. The van der Waals surface area contributed by atoms with Crippen molar-refractivity contribution in [3.8, 4) is 5.75 Å². The predicted molar refractivity (Wildman–Crippen MR) is 143 cm³/mol. The maximum Gasteiger partial charge on any atom is 0.256 e. The van der Waals surface area contributed by atoms with E-state index in [2.05, 4.69) is 18.1 Å². The normalized spacial score (nSPS) is 21.2. The Morgan fingerprint density at radius 1 is 1.14 bits per heavy atom. The minimum absolute atomic E-state index is 0.00959. The number of aryl methyl sites for hydroxylation is 3. The smallest absolute Gasteiger partial charge is 0.256 e. The van der Waals surface area contributed by atoms with Crippen LogP contribution in [0.15, 0.2) is 24.3 Å². The molecule has 2 aromatic rings. The number of rotatable bonds is 5. The molecule has 8 nitrogen and oxygen atoms in total. The highest BCUT2D eigenvalue weighted by Gasteiger charge is 2.46. The van der Waals surface area contributed by atoms with E-state index in [1.165, 1.54) is 5.56 Å². The van der Waals surface area contributed by atoms with Gasteiger partial charge in [-0.05, 0) is 57.6 Å². The number of morpholine rings is 1. The molecule has 0 radical (unpaired) electrons. The highest BCUT2D eigenvalue weighted by atomic mass is 16.5. The van der Waals surface area contributed by atoms with E-state index >= 15 is 0 Å². The van der Waals surface area contributed by atoms with Gasteiger partial charge in [0.15, 0.2) is 5.60 Å². The van der Waals surface area contributed by atoms with Crippen molar-refractivity contribution < 1.29 is 19.1 Å². The molecule has 0 N–H and O–H groups in total. The zero-order valence-electron chi connectivity index (χ0n) is 22.9. The van der Waals surface area contributed by atoms with Crippen molar-refractivity contribution in [1.29, 1.82) is 0 Å². The summed E-state index contributed by atoms with van der Waals surface area (Å²) in [5.41, 5.74) is 3.04. The lowest BCUT2D eigenvalue weighted by molar-refractivity contribution is -0.176. The number of aromatic nitrogens is 2. The monoisotopic (exact) mass is 510 g/mol. The molecule has 0 bridgehead atoms. The van der Waals surface area contributed by atoms with Crippen molar-refractivity contribution in [2.45, 2.75) is 71.3 Å². The SMILES string of the molecule is CCCCN1CCOc2ccccc2CCCCC2(CN(C(=O)Cc3c(C)nn(C)c3C)CCO2)C1=O. The second-order valence-electron chi connectivity index (χ2n) is 10.4. The van der Waals surface area contributed by atoms with Crippen LogP contribution in [0.2, 0.25) is 0 Å². The predicted octanol–water partition coefficient (Wildman–Crippen LogP) is 3.61. The summed E-state index contributed by atoms with van der Waals surface area (Å²) in [5, 5.41) is 4.47. The molecular formula is C29H42N4O4. The first-order valence-corrected chi connectivity index (χ1v) is 13.8. The minimum Gasteiger partial charge on any atom is -0.491 e.